The van der Waals surface area contributed by atoms with Crippen molar-refractivity contribution in [2.45, 2.75) is 6.54 Å². The van der Waals surface area contributed by atoms with Crippen molar-refractivity contribution in [3.05, 3.63) is 68.2 Å². The van der Waals surface area contributed by atoms with Crippen LogP contribution in [0.25, 0.3) is 10.9 Å². The lowest BCUT2D eigenvalue weighted by atomic mass is 10.1. The van der Waals surface area contributed by atoms with Gasteiger partial charge in [-0.1, -0.05) is 39.7 Å². The van der Waals surface area contributed by atoms with E-state index in [-0.39, 0.29) is 0 Å². The van der Waals surface area contributed by atoms with Crippen LogP contribution in [0.5, 0.6) is 0 Å². The third-order valence-corrected chi connectivity index (χ3v) is 5.13. The number of rotatable bonds is 3. The number of anilines is 1. The van der Waals surface area contributed by atoms with Crippen LogP contribution in [0.2, 0.25) is 5.02 Å². The average molecular weight is 427 g/mol. The molecule has 0 spiro atoms. The van der Waals surface area contributed by atoms with Gasteiger partial charge in [0.2, 0.25) is 0 Å². The highest BCUT2D eigenvalue weighted by Gasteiger charge is 2.06. The molecule has 0 fully saturated rings. The zero-order chi connectivity index (χ0) is 14.8. The summed E-state index contributed by atoms with van der Waals surface area (Å²) in [4.78, 5) is 4.48. The summed E-state index contributed by atoms with van der Waals surface area (Å²) < 4.78 is 1.95. The SMILES string of the molecule is Clc1cc(NCc2ccc(Br)c3cccnc23)ccc1Br. The molecule has 1 N–H and O–H groups in total. The van der Waals surface area contributed by atoms with Crippen LogP contribution in [-0.4, -0.2) is 4.98 Å². The highest BCUT2D eigenvalue weighted by Crippen LogP contribution is 2.28. The Labute approximate surface area is 144 Å². The Hall–Kier alpha value is -1.10. The van der Waals surface area contributed by atoms with E-state index < -0.39 is 0 Å². The fourth-order valence-corrected chi connectivity index (χ4v) is 3.02. The van der Waals surface area contributed by atoms with Crippen molar-refractivity contribution in [3.8, 4) is 0 Å². The minimum atomic E-state index is 0.693. The number of nitrogens with zero attached hydrogens (tertiary/aromatic N) is 1. The quantitative estimate of drug-likeness (QED) is 0.553. The molecule has 0 saturated carbocycles. The lowest BCUT2D eigenvalue weighted by Gasteiger charge is -2.10. The molecule has 1 aromatic heterocycles. The van der Waals surface area contributed by atoms with E-state index in [4.69, 9.17) is 11.6 Å². The Morgan fingerprint density at radius 1 is 1.05 bits per heavy atom. The van der Waals surface area contributed by atoms with E-state index in [1.165, 1.54) is 0 Å². The maximum Gasteiger partial charge on any atom is 0.0763 e. The first-order valence-corrected chi connectivity index (χ1v) is 8.32. The zero-order valence-electron chi connectivity index (χ0n) is 10.9. The summed E-state index contributed by atoms with van der Waals surface area (Å²) >= 11 is 13.1. The second-order valence-corrected chi connectivity index (χ2v) is 6.70. The number of halogens is 3. The molecule has 3 aromatic rings. The normalized spacial score (nSPS) is 10.8. The molecule has 0 bridgehead atoms. The molecule has 0 aliphatic carbocycles. The van der Waals surface area contributed by atoms with Gasteiger partial charge in [0.1, 0.15) is 0 Å². The van der Waals surface area contributed by atoms with Crippen molar-refractivity contribution in [1.29, 1.82) is 0 Å². The van der Waals surface area contributed by atoms with Gasteiger partial charge in [-0.15, -0.1) is 0 Å². The van der Waals surface area contributed by atoms with E-state index >= 15 is 0 Å². The summed E-state index contributed by atoms with van der Waals surface area (Å²) in [6.45, 7) is 0.693. The maximum absolute atomic E-state index is 6.11. The van der Waals surface area contributed by atoms with Gasteiger partial charge in [-0.25, -0.2) is 0 Å². The van der Waals surface area contributed by atoms with Crippen LogP contribution < -0.4 is 5.32 Å². The van der Waals surface area contributed by atoms with Gasteiger partial charge in [-0.05, 0) is 51.8 Å². The van der Waals surface area contributed by atoms with Crippen molar-refractivity contribution in [2.75, 3.05) is 5.32 Å². The summed E-state index contributed by atoms with van der Waals surface area (Å²) in [6, 6.07) is 14.0. The lowest BCUT2D eigenvalue weighted by Crippen LogP contribution is -2.01. The molecule has 1 heterocycles. The Balaban J connectivity index is 1.88. The Morgan fingerprint density at radius 2 is 1.86 bits per heavy atom. The molecular formula is C16H11Br2ClN2. The number of nitrogens with one attached hydrogen (secondary N) is 1. The van der Waals surface area contributed by atoms with Crippen molar-refractivity contribution in [3.63, 3.8) is 0 Å². The number of pyridine rings is 1. The van der Waals surface area contributed by atoms with Gasteiger partial charge in [-0.2, -0.15) is 0 Å². The standard InChI is InChI=1S/C16H11Br2ClN2/c17-13-5-3-10(16-12(13)2-1-7-20-16)9-21-11-4-6-14(18)15(19)8-11/h1-8,21H,9H2. The summed E-state index contributed by atoms with van der Waals surface area (Å²) in [6.07, 6.45) is 1.81. The summed E-state index contributed by atoms with van der Waals surface area (Å²) in [5, 5.41) is 5.19. The molecule has 0 aliphatic rings. The first-order valence-electron chi connectivity index (χ1n) is 6.36. The summed E-state index contributed by atoms with van der Waals surface area (Å²) in [5.41, 5.74) is 3.13. The molecule has 5 heteroatoms. The highest BCUT2D eigenvalue weighted by molar-refractivity contribution is 9.11. The number of hydrogen-bond acceptors (Lipinski definition) is 2. The molecule has 0 saturated heterocycles. The van der Waals surface area contributed by atoms with Gasteiger partial charge in [0.15, 0.2) is 0 Å². The molecule has 0 aliphatic heterocycles. The van der Waals surface area contributed by atoms with Gasteiger partial charge < -0.3 is 5.32 Å². The van der Waals surface area contributed by atoms with Gasteiger partial charge in [0.05, 0.1) is 10.5 Å². The van der Waals surface area contributed by atoms with Crippen LogP contribution in [0.4, 0.5) is 5.69 Å². The predicted molar refractivity (Wildman–Crippen MR) is 95.9 cm³/mol. The van der Waals surface area contributed by atoms with Gasteiger partial charge in [0, 0.05) is 32.8 Å². The Morgan fingerprint density at radius 3 is 2.67 bits per heavy atom. The third kappa shape index (κ3) is 3.23. The Bertz CT molecular complexity index is 805. The van der Waals surface area contributed by atoms with Gasteiger partial charge in [-0.3, -0.25) is 4.98 Å². The number of aromatic nitrogens is 1. The van der Waals surface area contributed by atoms with Crippen molar-refractivity contribution in [1.82, 2.24) is 4.98 Å². The molecule has 0 radical (unpaired) electrons. The van der Waals surface area contributed by atoms with E-state index in [2.05, 4.69) is 60.4 Å². The molecule has 106 valence electrons. The van der Waals surface area contributed by atoms with Crippen molar-refractivity contribution in [2.24, 2.45) is 0 Å². The van der Waals surface area contributed by atoms with E-state index in [1.54, 1.807) is 0 Å². The van der Waals surface area contributed by atoms with Crippen LogP contribution in [-0.2, 0) is 6.54 Å². The highest BCUT2D eigenvalue weighted by atomic mass is 79.9. The summed E-state index contributed by atoms with van der Waals surface area (Å²) in [5.74, 6) is 0. The summed E-state index contributed by atoms with van der Waals surface area (Å²) in [7, 11) is 0. The first-order chi connectivity index (χ1) is 10.1. The van der Waals surface area contributed by atoms with Crippen molar-refractivity contribution < 1.29 is 0 Å². The Kier molecular flexibility index (Phi) is 4.48. The molecule has 2 aromatic carbocycles. The largest absolute Gasteiger partial charge is 0.381 e. The van der Waals surface area contributed by atoms with Crippen LogP contribution >= 0.6 is 43.5 Å². The minimum absolute atomic E-state index is 0.693. The van der Waals surface area contributed by atoms with Gasteiger partial charge in [0.25, 0.3) is 0 Å². The zero-order valence-corrected chi connectivity index (χ0v) is 14.8. The molecule has 0 unspecified atom stereocenters. The van der Waals surface area contributed by atoms with E-state index in [0.717, 1.165) is 31.1 Å². The predicted octanol–water partition coefficient (Wildman–Crippen LogP) is 6.03. The second kappa shape index (κ2) is 6.34. The van der Waals surface area contributed by atoms with Crippen LogP contribution in [0, 0.1) is 0 Å². The molecular weight excluding hydrogens is 415 g/mol. The average Bonchev–Trinajstić information content (AvgIpc) is 2.50. The van der Waals surface area contributed by atoms with Crippen LogP contribution in [0.3, 0.4) is 0 Å². The molecule has 2 nitrogen and oxygen atoms in total. The van der Waals surface area contributed by atoms with E-state index in [9.17, 15) is 0 Å². The molecule has 3 rings (SSSR count). The van der Waals surface area contributed by atoms with E-state index in [1.807, 2.05) is 30.5 Å². The molecule has 21 heavy (non-hydrogen) atoms. The van der Waals surface area contributed by atoms with Crippen LogP contribution in [0.1, 0.15) is 5.56 Å². The van der Waals surface area contributed by atoms with E-state index in [0.29, 0.717) is 11.6 Å². The smallest absolute Gasteiger partial charge is 0.0763 e. The maximum atomic E-state index is 6.11. The lowest BCUT2D eigenvalue weighted by molar-refractivity contribution is 1.15. The first kappa shape index (κ1) is 14.8. The monoisotopic (exact) mass is 424 g/mol. The van der Waals surface area contributed by atoms with Gasteiger partial charge >= 0.3 is 0 Å². The second-order valence-electron chi connectivity index (χ2n) is 4.59. The van der Waals surface area contributed by atoms with Crippen LogP contribution in [0.15, 0.2) is 57.6 Å². The fraction of sp³-hybridized carbons (Fsp3) is 0.0625. The minimum Gasteiger partial charge on any atom is -0.381 e. The molecule has 0 atom stereocenters. The topological polar surface area (TPSA) is 24.9 Å². The molecule has 0 amide bonds. The van der Waals surface area contributed by atoms with Crippen molar-refractivity contribution >= 4 is 60.1 Å². The third-order valence-electron chi connectivity index (χ3n) is 3.20. The number of hydrogen-bond donors (Lipinski definition) is 1. The number of fused-ring (bicyclic) bond motifs is 1. The fourth-order valence-electron chi connectivity index (χ4n) is 2.14. The number of benzene rings is 2.